The second kappa shape index (κ2) is 5.47. The number of nitrogens with one attached hydrogen (secondary N) is 1. The second-order valence-electron chi connectivity index (χ2n) is 6.29. The molecule has 1 heterocycles. The van der Waals surface area contributed by atoms with Gasteiger partial charge in [0.2, 0.25) is 0 Å². The smallest absolute Gasteiger partial charge is 0.253 e. The summed E-state index contributed by atoms with van der Waals surface area (Å²) in [5.74, 6) is 0.783. The zero-order valence-corrected chi connectivity index (χ0v) is 12.5. The number of anilines is 1. The van der Waals surface area contributed by atoms with Crippen LogP contribution >= 0.6 is 0 Å². The number of carbonyl (C=O) groups excluding carboxylic acids is 1. The summed E-state index contributed by atoms with van der Waals surface area (Å²) < 4.78 is 0. The number of hydrogen-bond acceptors (Lipinski definition) is 2. The van der Waals surface area contributed by atoms with E-state index in [0.717, 1.165) is 30.6 Å². The molecule has 0 bridgehead atoms. The van der Waals surface area contributed by atoms with Crippen molar-refractivity contribution in [1.82, 2.24) is 4.90 Å². The highest BCUT2D eigenvalue weighted by Gasteiger charge is 2.28. The van der Waals surface area contributed by atoms with Gasteiger partial charge in [-0.1, -0.05) is 25.8 Å². The Morgan fingerprint density at radius 1 is 1.30 bits per heavy atom. The highest BCUT2D eigenvalue weighted by atomic mass is 16.2. The minimum atomic E-state index is 0.167. The lowest BCUT2D eigenvalue weighted by Gasteiger charge is -2.36. The molecular weight excluding hydrogens is 248 g/mol. The summed E-state index contributed by atoms with van der Waals surface area (Å²) in [4.78, 5) is 14.7. The van der Waals surface area contributed by atoms with Crippen LogP contribution in [-0.2, 0) is 6.42 Å². The van der Waals surface area contributed by atoms with Crippen LogP contribution in [0.5, 0.6) is 0 Å². The Labute approximate surface area is 121 Å². The maximum absolute atomic E-state index is 12.7. The highest BCUT2D eigenvalue weighted by Crippen LogP contribution is 2.29. The molecule has 1 aromatic rings. The average Bonchev–Trinajstić information content (AvgIpc) is 2.93. The van der Waals surface area contributed by atoms with Crippen LogP contribution < -0.4 is 5.32 Å². The number of fused-ring (bicyclic) bond motifs is 1. The molecule has 1 saturated carbocycles. The lowest BCUT2D eigenvalue weighted by Crippen LogP contribution is -2.42. The minimum Gasteiger partial charge on any atom is -0.384 e. The Bertz CT molecular complexity index is 512. The van der Waals surface area contributed by atoms with Crippen LogP contribution in [0.3, 0.4) is 0 Å². The molecule has 2 aliphatic rings. The van der Waals surface area contributed by atoms with Gasteiger partial charge in [-0.05, 0) is 42.9 Å². The van der Waals surface area contributed by atoms with E-state index in [1.165, 1.54) is 24.8 Å². The molecule has 0 aromatic heterocycles. The Kier molecular flexibility index (Phi) is 3.68. The quantitative estimate of drug-likeness (QED) is 0.896. The van der Waals surface area contributed by atoms with Crippen molar-refractivity contribution in [2.45, 2.75) is 45.1 Å². The number of amides is 1. The SMILES string of the molecule is CC1CCCCC1N(C)C(=O)c1ccc2c(c1)NCC2. The van der Waals surface area contributed by atoms with E-state index in [4.69, 9.17) is 0 Å². The predicted molar refractivity (Wildman–Crippen MR) is 82.1 cm³/mol. The van der Waals surface area contributed by atoms with Gasteiger partial charge in [0, 0.05) is 30.9 Å². The van der Waals surface area contributed by atoms with E-state index in [9.17, 15) is 4.79 Å². The van der Waals surface area contributed by atoms with E-state index in [1.807, 2.05) is 24.1 Å². The number of benzene rings is 1. The van der Waals surface area contributed by atoms with Crippen molar-refractivity contribution in [1.29, 1.82) is 0 Å². The molecule has 0 radical (unpaired) electrons. The fourth-order valence-corrected chi connectivity index (χ4v) is 3.65. The van der Waals surface area contributed by atoms with Gasteiger partial charge < -0.3 is 10.2 Å². The van der Waals surface area contributed by atoms with Gasteiger partial charge in [-0.25, -0.2) is 0 Å². The zero-order valence-electron chi connectivity index (χ0n) is 12.5. The molecule has 3 heteroatoms. The fraction of sp³-hybridized carbons (Fsp3) is 0.588. The molecule has 1 aromatic carbocycles. The molecule has 3 nitrogen and oxygen atoms in total. The molecular formula is C17H24N2O. The standard InChI is InChI=1S/C17H24N2O/c1-12-5-3-4-6-16(12)19(2)17(20)14-8-7-13-9-10-18-15(13)11-14/h7-8,11-12,16,18H,3-6,9-10H2,1-2H3. The second-order valence-corrected chi connectivity index (χ2v) is 6.29. The first kappa shape index (κ1) is 13.5. The molecule has 1 fully saturated rings. The van der Waals surface area contributed by atoms with Crippen LogP contribution in [0.25, 0.3) is 0 Å². The summed E-state index contributed by atoms with van der Waals surface area (Å²) >= 11 is 0. The van der Waals surface area contributed by atoms with Gasteiger partial charge in [-0.15, -0.1) is 0 Å². The van der Waals surface area contributed by atoms with Gasteiger partial charge in [-0.2, -0.15) is 0 Å². The van der Waals surface area contributed by atoms with Gasteiger partial charge in [-0.3, -0.25) is 4.79 Å². The zero-order chi connectivity index (χ0) is 14.1. The lowest BCUT2D eigenvalue weighted by molar-refractivity contribution is 0.0629. The Balaban J connectivity index is 1.77. The summed E-state index contributed by atoms with van der Waals surface area (Å²) in [6.45, 7) is 3.26. The van der Waals surface area contributed by atoms with Crippen LogP contribution in [0.2, 0.25) is 0 Å². The number of hydrogen-bond donors (Lipinski definition) is 1. The highest BCUT2D eigenvalue weighted by molar-refractivity contribution is 5.95. The summed E-state index contributed by atoms with van der Waals surface area (Å²) in [5, 5.41) is 3.35. The van der Waals surface area contributed by atoms with Gasteiger partial charge in [0.1, 0.15) is 0 Å². The van der Waals surface area contributed by atoms with Gasteiger partial charge in [0.15, 0.2) is 0 Å². The Morgan fingerprint density at radius 3 is 2.90 bits per heavy atom. The first-order valence-electron chi connectivity index (χ1n) is 7.81. The summed E-state index contributed by atoms with van der Waals surface area (Å²) in [6.07, 6.45) is 6.01. The molecule has 0 saturated heterocycles. The largest absolute Gasteiger partial charge is 0.384 e. The van der Waals surface area contributed by atoms with E-state index in [1.54, 1.807) is 0 Å². The van der Waals surface area contributed by atoms with Crippen molar-refractivity contribution in [3.63, 3.8) is 0 Å². The summed E-state index contributed by atoms with van der Waals surface area (Å²) in [7, 11) is 1.97. The lowest BCUT2D eigenvalue weighted by atomic mass is 9.85. The van der Waals surface area contributed by atoms with Crippen molar-refractivity contribution < 1.29 is 4.79 Å². The molecule has 20 heavy (non-hydrogen) atoms. The maximum atomic E-state index is 12.7. The Morgan fingerprint density at radius 2 is 2.10 bits per heavy atom. The minimum absolute atomic E-state index is 0.167. The van der Waals surface area contributed by atoms with Gasteiger partial charge in [0.05, 0.1) is 0 Å². The van der Waals surface area contributed by atoms with Crippen LogP contribution in [0.15, 0.2) is 18.2 Å². The van der Waals surface area contributed by atoms with E-state index in [2.05, 4.69) is 18.3 Å². The van der Waals surface area contributed by atoms with Gasteiger partial charge >= 0.3 is 0 Å². The number of rotatable bonds is 2. The molecule has 2 unspecified atom stereocenters. The molecule has 2 atom stereocenters. The molecule has 3 rings (SSSR count). The molecule has 1 N–H and O–H groups in total. The molecule has 1 aliphatic heterocycles. The first-order valence-corrected chi connectivity index (χ1v) is 7.81. The summed E-state index contributed by atoms with van der Waals surface area (Å²) in [5.41, 5.74) is 3.29. The van der Waals surface area contributed by atoms with Crippen molar-refractivity contribution >= 4 is 11.6 Å². The molecule has 0 spiro atoms. The number of carbonyl (C=O) groups is 1. The van der Waals surface area contributed by atoms with Crippen molar-refractivity contribution in [2.75, 3.05) is 18.9 Å². The predicted octanol–water partition coefficient (Wildman–Crippen LogP) is 3.31. The van der Waals surface area contributed by atoms with Crippen LogP contribution in [-0.4, -0.2) is 30.4 Å². The maximum Gasteiger partial charge on any atom is 0.253 e. The fourth-order valence-electron chi connectivity index (χ4n) is 3.65. The third-order valence-electron chi connectivity index (χ3n) is 4.95. The third-order valence-corrected chi connectivity index (χ3v) is 4.95. The average molecular weight is 272 g/mol. The molecule has 1 amide bonds. The number of nitrogens with zero attached hydrogens (tertiary/aromatic N) is 1. The van der Waals surface area contributed by atoms with Crippen LogP contribution in [0.1, 0.15) is 48.5 Å². The van der Waals surface area contributed by atoms with Gasteiger partial charge in [0.25, 0.3) is 5.91 Å². The third kappa shape index (κ3) is 2.41. The van der Waals surface area contributed by atoms with E-state index < -0.39 is 0 Å². The van der Waals surface area contributed by atoms with Crippen molar-refractivity contribution in [3.05, 3.63) is 29.3 Å². The van der Waals surface area contributed by atoms with E-state index in [0.29, 0.717) is 12.0 Å². The summed E-state index contributed by atoms with van der Waals surface area (Å²) in [6, 6.07) is 6.51. The van der Waals surface area contributed by atoms with E-state index in [-0.39, 0.29) is 5.91 Å². The molecule has 108 valence electrons. The van der Waals surface area contributed by atoms with Crippen molar-refractivity contribution in [2.24, 2.45) is 5.92 Å². The first-order chi connectivity index (χ1) is 9.66. The monoisotopic (exact) mass is 272 g/mol. The van der Waals surface area contributed by atoms with Crippen LogP contribution in [0, 0.1) is 5.92 Å². The Hall–Kier alpha value is -1.51. The van der Waals surface area contributed by atoms with E-state index >= 15 is 0 Å². The normalized spacial score (nSPS) is 24.9. The topological polar surface area (TPSA) is 32.3 Å². The molecule has 1 aliphatic carbocycles. The van der Waals surface area contributed by atoms with Crippen molar-refractivity contribution in [3.8, 4) is 0 Å². The van der Waals surface area contributed by atoms with Crippen LogP contribution in [0.4, 0.5) is 5.69 Å².